The molecule has 1 heterocycles. The fourth-order valence-electron chi connectivity index (χ4n) is 1.70. The van der Waals surface area contributed by atoms with E-state index in [1.807, 2.05) is 0 Å². The standard InChI is InChI=1S/C9H15NO6P2/c1-8(10-6-4-3-5-7-10)9(11,17(2,12)13)18(14,15)16/h3-8,11H,1-2H3,(H2-,12,13,14,15,16)/p+1/t8-,9?/m1/s1. The largest absolute Gasteiger partial charge is 0.374 e. The Bertz CT molecular complexity index is 485. The van der Waals surface area contributed by atoms with Crippen LogP contribution in [-0.4, -0.2) is 31.5 Å². The quantitative estimate of drug-likeness (QED) is 0.467. The van der Waals surface area contributed by atoms with Crippen molar-refractivity contribution in [1.82, 2.24) is 0 Å². The number of aromatic nitrogens is 1. The smallest absolute Gasteiger partial charge is 0.364 e. The van der Waals surface area contributed by atoms with Crippen molar-refractivity contribution in [2.45, 2.75) is 18.0 Å². The van der Waals surface area contributed by atoms with Crippen molar-refractivity contribution in [2.24, 2.45) is 0 Å². The predicted octanol–water partition coefficient (Wildman–Crippen LogP) is 0.259. The van der Waals surface area contributed by atoms with E-state index in [1.54, 1.807) is 18.2 Å². The summed E-state index contributed by atoms with van der Waals surface area (Å²) in [6.07, 6.45) is 2.89. The average molecular weight is 296 g/mol. The Hall–Kier alpha value is -0.550. The molecule has 0 spiro atoms. The van der Waals surface area contributed by atoms with Gasteiger partial charge < -0.3 is 19.8 Å². The molecule has 0 aliphatic rings. The summed E-state index contributed by atoms with van der Waals surface area (Å²) >= 11 is 0. The van der Waals surface area contributed by atoms with Crippen molar-refractivity contribution in [1.29, 1.82) is 0 Å². The van der Waals surface area contributed by atoms with Gasteiger partial charge in [-0.25, -0.2) is 0 Å². The van der Waals surface area contributed by atoms with Crippen LogP contribution in [0.25, 0.3) is 0 Å². The van der Waals surface area contributed by atoms with Gasteiger partial charge in [-0.15, -0.1) is 0 Å². The SMILES string of the molecule is C[C@@H]([n+]1ccccc1)C(O)(P(C)(=O)O)P(=O)(O)O. The Morgan fingerprint density at radius 1 is 1.11 bits per heavy atom. The third kappa shape index (κ3) is 2.57. The van der Waals surface area contributed by atoms with Crippen LogP contribution in [0, 0.1) is 0 Å². The van der Waals surface area contributed by atoms with Gasteiger partial charge in [-0.05, 0) is 0 Å². The van der Waals surface area contributed by atoms with Crippen LogP contribution in [0.3, 0.4) is 0 Å². The van der Waals surface area contributed by atoms with E-state index >= 15 is 0 Å². The van der Waals surface area contributed by atoms with Crippen molar-refractivity contribution in [3.63, 3.8) is 0 Å². The maximum absolute atomic E-state index is 11.7. The number of nitrogens with zero attached hydrogens (tertiary/aromatic N) is 1. The lowest BCUT2D eigenvalue weighted by atomic mass is 10.3. The molecule has 1 rings (SSSR count). The molecule has 7 nitrogen and oxygen atoms in total. The van der Waals surface area contributed by atoms with Gasteiger partial charge in [-0.2, -0.15) is 4.57 Å². The second kappa shape index (κ2) is 4.85. The number of pyridine rings is 1. The first-order chi connectivity index (χ1) is 8.02. The van der Waals surface area contributed by atoms with E-state index in [-0.39, 0.29) is 0 Å². The fourth-order valence-corrected chi connectivity index (χ4v) is 5.08. The number of hydrogen-bond donors (Lipinski definition) is 4. The molecule has 18 heavy (non-hydrogen) atoms. The van der Waals surface area contributed by atoms with Gasteiger partial charge in [0.25, 0.3) is 0 Å². The maximum atomic E-state index is 11.7. The fraction of sp³-hybridized carbons (Fsp3) is 0.444. The van der Waals surface area contributed by atoms with Crippen LogP contribution >= 0.6 is 15.0 Å². The number of rotatable bonds is 4. The highest BCUT2D eigenvalue weighted by Gasteiger charge is 2.64. The predicted molar refractivity (Wildman–Crippen MR) is 64.1 cm³/mol. The first-order valence-electron chi connectivity index (χ1n) is 5.06. The molecule has 1 aromatic rings. The summed E-state index contributed by atoms with van der Waals surface area (Å²) in [6.45, 7) is 2.00. The van der Waals surface area contributed by atoms with E-state index in [0.717, 1.165) is 6.66 Å². The van der Waals surface area contributed by atoms with Gasteiger partial charge in [-0.3, -0.25) is 9.13 Å². The molecule has 1 aromatic heterocycles. The highest BCUT2D eigenvalue weighted by molar-refractivity contribution is 7.74. The second-order valence-electron chi connectivity index (χ2n) is 4.11. The van der Waals surface area contributed by atoms with Crippen molar-refractivity contribution in [2.75, 3.05) is 6.66 Å². The molecule has 9 heteroatoms. The Morgan fingerprint density at radius 3 is 1.89 bits per heavy atom. The van der Waals surface area contributed by atoms with E-state index in [4.69, 9.17) is 0 Å². The summed E-state index contributed by atoms with van der Waals surface area (Å²) in [5.74, 6) is 0. The van der Waals surface area contributed by atoms with Crippen LogP contribution in [0.1, 0.15) is 13.0 Å². The van der Waals surface area contributed by atoms with Gasteiger partial charge in [0, 0.05) is 25.7 Å². The van der Waals surface area contributed by atoms with Crippen LogP contribution in [0.15, 0.2) is 30.6 Å². The molecule has 102 valence electrons. The summed E-state index contributed by atoms with van der Waals surface area (Å²) in [4.78, 5) is 27.9. The van der Waals surface area contributed by atoms with Crippen LogP contribution in [0.2, 0.25) is 0 Å². The van der Waals surface area contributed by atoms with E-state index in [1.165, 1.54) is 23.9 Å². The molecule has 0 aromatic carbocycles. The van der Waals surface area contributed by atoms with E-state index in [0.29, 0.717) is 0 Å². The monoisotopic (exact) mass is 296 g/mol. The van der Waals surface area contributed by atoms with Crippen molar-refractivity contribution in [3.05, 3.63) is 30.6 Å². The Morgan fingerprint density at radius 2 is 1.56 bits per heavy atom. The molecule has 3 atom stereocenters. The highest BCUT2D eigenvalue weighted by Crippen LogP contribution is 2.70. The van der Waals surface area contributed by atoms with Crippen molar-refractivity contribution >= 4 is 15.0 Å². The molecule has 0 fully saturated rings. The van der Waals surface area contributed by atoms with Gasteiger partial charge in [0.05, 0.1) is 0 Å². The lowest BCUT2D eigenvalue weighted by Crippen LogP contribution is -2.51. The minimum Gasteiger partial charge on any atom is -0.364 e. The zero-order valence-electron chi connectivity index (χ0n) is 9.91. The summed E-state index contributed by atoms with van der Waals surface area (Å²) < 4.78 is 24.4. The minimum absolute atomic E-state index is 0.728. The van der Waals surface area contributed by atoms with Crippen LogP contribution < -0.4 is 4.57 Å². The van der Waals surface area contributed by atoms with Gasteiger partial charge in [0.15, 0.2) is 12.4 Å². The Labute approximate surface area is 104 Å². The van der Waals surface area contributed by atoms with Crippen LogP contribution in [0.5, 0.6) is 0 Å². The normalized spacial score (nSPS) is 20.8. The number of hydrogen-bond acceptors (Lipinski definition) is 3. The molecule has 0 radical (unpaired) electrons. The molecule has 4 N–H and O–H groups in total. The maximum Gasteiger partial charge on any atom is 0.374 e. The van der Waals surface area contributed by atoms with E-state index in [2.05, 4.69) is 0 Å². The Balaban J connectivity index is 3.40. The zero-order valence-corrected chi connectivity index (χ0v) is 11.7. The molecule has 0 aliphatic heterocycles. The van der Waals surface area contributed by atoms with Crippen LogP contribution in [-0.2, 0) is 9.13 Å². The summed E-state index contributed by atoms with van der Waals surface area (Å²) in [7, 11) is -9.67. The Kier molecular flexibility index (Phi) is 4.18. The van der Waals surface area contributed by atoms with E-state index < -0.39 is 26.1 Å². The van der Waals surface area contributed by atoms with Gasteiger partial charge in [-0.1, -0.05) is 6.07 Å². The summed E-state index contributed by atoms with van der Waals surface area (Å²) in [5, 5.41) is 7.09. The van der Waals surface area contributed by atoms with Crippen molar-refractivity contribution in [3.8, 4) is 0 Å². The topological polar surface area (TPSA) is 119 Å². The first kappa shape index (κ1) is 15.5. The lowest BCUT2D eigenvalue weighted by molar-refractivity contribution is -0.726. The molecule has 0 saturated heterocycles. The average Bonchev–Trinajstić information content (AvgIpc) is 2.25. The molecular weight excluding hydrogens is 280 g/mol. The van der Waals surface area contributed by atoms with E-state index in [9.17, 15) is 28.9 Å². The molecular formula is C9H16NO6P2+. The first-order valence-corrected chi connectivity index (χ1v) is 8.78. The molecule has 2 unspecified atom stereocenters. The lowest BCUT2D eigenvalue weighted by Gasteiger charge is -2.32. The molecule has 0 bridgehead atoms. The zero-order chi connectivity index (χ0) is 14.2. The minimum atomic E-state index is -5.21. The van der Waals surface area contributed by atoms with Gasteiger partial charge in [0.1, 0.15) is 0 Å². The van der Waals surface area contributed by atoms with Crippen molar-refractivity contribution < 1.29 is 33.5 Å². The number of aliphatic hydroxyl groups is 1. The summed E-state index contributed by atoms with van der Waals surface area (Å²) in [5.41, 5.74) is 0. The van der Waals surface area contributed by atoms with Gasteiger partial charge >= 0.3 is 12.7 Å². The third-order valence-electron chi connectivity index (χ3n) is 2.79. The molecule has 0 amide bonds. The third-order valence-corrected chi connectivity index (χ3v) is 7.51. The van der Waals surface area contributed by atoms with Crippen LogP contribution in [0.4, 0.5) is 0 Å². The summed E-state index contributed by atoms with van der Waals surface area (Å²) in [6, 6.07) is 3.56. The molecule has 0 aliphatic carbocycles. The van der Waals surface area contributed by atoms with Gasteiger partial charge in [0.2, 0.25) is 13.4 Å². The second-order valence-corrected chi connectivity index (χ2v) is 8.67. The molecule has 0 saturated carbocycles. The highest BCUT2D eigenvalue weighted by atomic mass is 31.2.